The fourth-order valence-electron chi connectivity index (χ4n) is 2.97. The van der Waals surface area contributed by atoms with E-state index in [-0.39, 0.29) is 0 Å². The summed E-state index contributed by atoms with van der Waals surface area (Å²) in [5.41, 5.74) is 3.11. The number of hydrogen-bond acceptors (Lipinski definition) is 2. The predicted octanol–water partition coefficient (Wildman–Crippen LogP) is 3.94. The van der Waals surface area contributed by atoms with Crippen LogP contribution in [0.1, 0.15) is 15.9 Å². The maximum absolute atomic E-state index is 11.5. The van der Waals surface area contributed by atoms with Gasteiger partial charge in [-0.1, -0.05) is 30.3 Å². The molecule has 0 atom stereocenters. The summed E-state index contributed by atoms with van der Waals surface area (Å²) in [6.07, 6.45) is 3.71. The molecule has 0 aliphatic rings. The number of aromatic carboxylic acids is 1. The zero-order chi connectivity index (χ0) is 15.8. The first-order chi connectivity index (χ1) is 11.2. The minimum atomic E-state index is -0.907. The van der Waals surface area contributed by atoms with Crippen molar-refractivity contribution >= 4 is 27.8 Å². The normalized spacial score (nSPS) is 11.1. The van der Waals surface area contributed by atoms with Crippen LogP contribution >= 0.6 is 0 Å². The van der Waals surface area contributed by atoms with Crippen molar-refractivity contribution in [2.45, 2.75) is 6.54 Å². The average Bonchev–Trinajstić information content (AvgIpc) is 2.98. The summed E-state index contributed by atoms with van der Waals surface area (Å²) in [6.45, 7) is 0.611. The number of aromatic nitrogens is 2. The van der Waals surface area contributed by atoms with Crippen LogP contribution in [-0.4, -0.2) is 20.6 Å². The molecule has 0 amide bonds. The van der Waals surface area contributed by atoms with Crippen LogP contribution in [0.5, 0.6) is 0 Å². The number of benzene rings is 2. The Hall–Kier alpha value is -3.14. The molecule has 0 aliphatic heterocycles. The van der Waals surface area contributed by atoms with Crippen molar-refractivity contribution < 1.29 is 9.90 Å². The largest absolute Gasteiger partial charge is 0.478 e. The molecule has 2 heterocycles. The van der Waals surface area contributed by atoms with Crippen molar-refractivity contribution in [1.29, 1.82) is 0 Å². The minimum Gasteiger partial charge on any atom is -0.478 e. The highest BCUT2D eigenvalue weighted by Crippen LogP contribution is 2.22. The van der Waals surface area contributed by atoms with E-state index in [2.05, 4.69) is 11.1 Å². The molecule has 2 aromatic carbocycles. The summed E-state index contributed by atoms with van der Waals surface area (Å²) >= 11 is 0. The van der Waals surface area contributed by atoms with Crippen LogP contribution in [0.2, 0.25) is 0 Å². The second kappa shape index (κ2) is 5.25. The standard InChI is InChI=1S/C19H14N2O2/c22-19(23)16-5-1-3-15-8-10-21(18(15)16)12-13-6-7-14-4-2-9-20-17(14)11-13/h1-11H,12H2,(H,22,23). The lowest BCUT2D eigenvalue weighted by Crippen LogP contribution is -2.04. The van der Waals surface area contributed by atoms with Crippen molar-refractivity contribution in [1.82, 2.24) is 9.55 Å². The summed E-state index contributed by atoms with van der Waals surface area (Å²) in [4.78, 5) is 15.8. The van der Waals surface area contributed by atoms with Crippen molar-refractivity contribution in [3.8, 4) is 0 Å². The van der Waals surface area contributed by atoms with E-state index in [1.165, 1.54) is 0 Å². The van der Waals surface area contributed by atoms with E-state index in [9.17, 15) is 9.90 Å². The third-order valence-corrected chi connectivity index (χ3v) is 4.04. The zero-order valence-electron chi connectivity index (χ0n) is 12.3. The Morgan fingerprint density at radius 2 is 1.91 bits per heavy atom. The molecule has 1 N–H and O–H groups in total. The first-order valence-corrected chi connectivity index (χ1v) is 7.37. The van der Waals surface area contributed by atoms with Crippen molar-refractivity contribution in [3.63, 3.8) is 0 Å². The third-order valence-electron chi connectivity index (χ3n) is 4.04. The van der Waals surface area contributed by atoms with Gasteiger partial charge in [-0.25, -0.2) is 4.79 Å². The minimum absolute atomic E-state index is 0.325. The molecular formula is C19H14N2O2. The van der Waals surface area contributed by atoms with Crippen LogP contribution in [-0.2, 0) is 6.54 Å². The topological polar surface area (TPSA) is 55.1 Å². The van der Waals surface area contributed by atoms with E-state index in [1.807, 2.05) is 47.2 Å². The van der Waals surface area contributed by atoms with Gasteiger partial charge in [-0.05, 0) is 29.8 Å². The first kappa shape index (κ1) is 13.5. The Kier molecular flexibility index (Phi) is 3.08. The number of hydrogen-bond donors (Lipinski definition) is 1. The van der Waals surface area contributed by atoms with Gasteiger partial charge < -0.3 is 9.67 Å². The van der Waals surface area contributed by atoms with E-state index in [1.54, 1.807) is 18.3 Å². The summed E-state index contributed by atoms with van der Waals surface area (Å²) in [5, 5.41) is 11.4. The highest BCUT2D eigenvalue weighted by molar-refractivity contribution is 6.02. The fourth-order valence-corrected chi connectivity index (χ4v) is 2.97. The molecule has 0 spiro atoms. The highest BCUT2D eigenvalue weighted by atomic mass is 16.4. The zero-order valence-corrected chi connectivity index (χ0v) is 12.3. The van der Waals surface area contributed by atoms with Gasteiger partial charge in [0.15, 0.2) is 0 Å². The number of pyridine rings is 1. The molecule has 0 fully saturated rings. The maximum Gasteiger partial charge on any atom is 0.337 e. The molecule has 2 aromatic heterocycles. The first-order valence-electron chi connectivity index (χ1n) is 7.37. The predicted molar refractivity (Wildman–Crippen MR) is 89.7 cm³/mol. The lowest BCUT2D eigenvalue weighted by molar-refractivity contribution is 0.0698. The molecule has 0 radical (unpaired) electrons. The second-order valence-corrected chi connectivity index (χ2v) is 5.52. The Bertz CT molecular complexity index is 1030. The molecule has 0 saturated carbocycles. The molecule has 0 aliphatic carbocycles. The van der Waals surface area contributed by atoms with Crippen molar-refractivity contribution in [2.75, 3.05) is 0 Å². The van der Waals surface area contributed by atoms with Gasteiger partial charge in [0.1, 0.15) is 0 Å². The fraction of sp³-hybridized carbons (Fsp3) is 0.0526. The van der Waals surface area contributed by atoms with Gasteiger partial charge >= 0.3 is 5.97 Å². The van der Waals surface area contributed by atoms with E-state index in [4.69, 9.17) is 0 Å². The maximum atomic E-state index is 11.5. The van der Waals surface area contributed by atoms with Crippen LogP contribution < -0.4 is 0 Å². The number of fused-ring (bicyclic) bond motifs is 2. The second-order valence-electron chi connectivity index (χ2n) is 5.52. The van der Waals surface area contributed by atoms with Gasteiger partial charge in [0.25, 0.3) is 0 Å². The monoisotopic (exact) mass is 302 g/mol. The van der Waals surface area contributed by atoms with Crippen molar-refractivity contribution in [2.24, 2.45) is 0 Å². The highest BCUT2D eigenvalue weighted by Gasteiger charge is 2.12. The lowest BCUT2D eigenvalue weighted by atomic mass is 10.1. The number of carboxylic acid groups (broad SMARTS) is 1. The van der Waals surface area contributed by atoms with Gasteiger partial charge in [-0.2, -0.15) is 0 Å². The van der Waals surface area contributed by atoms with Gasteiger partial charge in [-0.15, -0.1) is 0 Å². The summed E-state index contributed by atoms with van der Waals surface area (Å²) in [6, 6.07) is 17.4. The molecule has 0 unspecified atom stereocenters. The van der Waals surface area contributed by atoms with E-state index in [0.717, 1.165) is 27.4 Å². The third kappa shape index (κ3) is 2.34. The quantitative estimate of drug-likeness (QED) is 0.623. The molecular weight excluding hydrogens is 288 g/mol. The van der Waals surface area contributed by atoms with Crippen LogP contribution in [0.25, 0.3) is 21.8 Å². The Morgan fingerprint density at radius 3 is 2.78 bits per heavy atom. The number of nitrogens with zero attached hydrogens (tertiary/aromatic N) is 2. The van der Waals surface area contributed by atoms with E-state index in [0.29, 0.717) is 12.1 Å². The van der Waals surface area contributed by atoms with Crippen LogP contribution in [0, 0.1) is 0 Å². The number of carbonyl (C=O) groups is 1. The molecule has 23 heavy (non-hydrogen) atoms. The Balaban J connectivity index is 1.81. The van der Waals surface area contributed by atoms with Crippen LogP contribution in [0.4, 0.5) is 0 Å². The number of rotatable bonds is 3. The molecule has 112 valence electrons. The summed E-state index contributed by atoms with van der Waals surface area (Å²) < 4.78 is 1.98. The van der Waals surface area contributed by atoms with E-state index >= 15 is 0 Å². The van der Waals surface area contributed by atoms with Gasteiger partial charge in [0.2, 0.25) is 0 Å². The SMILES string of the molecule is O=C(O)c1cccc2ccn(Cc3ccc4cccnc4c3)c12. The summed E-state index contributed by atoms with van der Waals surface area (Å²) in [7, 11) is 0. The number of para-hydroxylation sites is 1. The van der Waals surface area contributed by atoms with Crippen LogP contribution in [0.15, 0.2) is 67.0 Å². The summed E-state index contributed by atoms with van der Waals surface area (Å²) in [5.74, 6) is -0.907. The van der Waals surface area contributed by atoms with Gasteiger partial charge in [-0.3, -0.25) is 4.98 Å². The Labute approximate surface area is 132 Å². The Morgan fingerprint density at radius 1 is 1.04 bits per heavy atom. The molecule has 0 bridgehead atoms. The average molecular weight is 302 g/mol. The van der Waals surface area contributed by atoms with E-state index < -0.39 is 5.97 Å². The van der Waals surface area contributed by atoms with Gasteiger partial charge in [0.05, 0.1) is 16.6 Å². The number of carboxylic acids is 1. The van der Waals surface area contributed by atoms with Crippen molar-refractivity contribution in [3.05, 3.63) is 78.1 Å². The lowest BCUT2D eigenvalue weighted by Gasteiger charge is -2.09. The van der Waals surface area contributed by atoms with Gasteiger partial charge in [0, 0.05) is 29.7 Å². The molecule has 0 saturated heterocycles. The van der Waals surface area contributed by atoms with Crippen LogP contribution in [0.3, 0.4) is 0 Å². The molecule has 4 aromatic rings. The molecule has 4 heteroatoms. The smallest absolute Gasteiger partial charge is 0.337 e. The molecule has 4 nitrogen and oxygen atoms in total. The molecule has 4 rings (SSSR count).